The van der Waals surface area contributed by atoms with Gasteiger partial charge in [-0.05, 0) is 43.2 Å². The minimum Gasteiger partial charge on any atom is -0.469 e. The Kier molecular flexibility index (Phi) is 5.02. The molecular weight excluding hydrogens is 327 g/mol. The van der Waals surface area contributed by atoms with Crippen molar-refractivity contribution in [3.05, 3.63) is 42.4 Å². The molecule has 132 valence electrons. The highest BCUT2D eigenvalue weighted by molar-refractivity contribution is 5.90. The number of nitrogens with zero attached hydrogens (tertiary/aromatic N) is 1. The molecule has 1 saturated heterocycles. The standard InChI is InChI=1S/C18H19FN2O4/c1-24-17(22)13-4-2-8-21(11-13)18(23)20-15-7-6-12(10-14(15)19)16-5-3-9-25-16/h3,5-7,9-10,13H,2,4,8,11H2,1H3,(H,20,23)/t13-/m1/s1. The third kappa shape index (κ3) is 3.81. The lowest BCUT2D eigenvalue weighted by Gasteiger charge is -2.31. The van der Waals surface area contributed by atoms with Gasteiger partial charge in [-0.25, -0.2) is 9.18 Å². The van der Waals surface area contributed by atoms with Crippen molar-refractivity contribution in [2.24, 2.45) is 5.92 Å². The van der Waals surface area contributed by atoms with Crippen molar-refractivity contribution in [1.29, 1.82) is 0 Å². The Morgan fingerprint density at radius 1 is 1.36 bits per heavy atom. The van der Waals surface area contributed by atoms with Crippen LogP contribution in [0.2, 0.25) is 0 Å². The monoisotopic (exact) mass is 346 g/mol. The maximum absolute atomic E-state index is 14.3. The zero-order chi connectivity index (χ0) is 17.8. The van der Waals surface area contributed by atoms with Gasteiger partial charge in [0.05, 0.1) is 25.0 Å². The molecule has 0 spiro atoms. The maximum atomic E-state index is 14.3. The number of esters is 1. The largest absolute Gasteiger partial charge is 0.469 e. The molecule has 1 aromatic carbocycles. The molecule has 1 atom stereocenters. The van der Waals surface area contributed by atoms with Gasteiger partial charge < -0.3 is 19.4 Å². The first-order chi connectivity index (χ1) is 12.1. The second kappa shape index (κ2) is 7.38. The summed E-state index contributed by atoms with van der Waals surface area (Å²) in [5, 5.41) is 2.56. The maximum Gasteiger partial charge on any atom is 0.321 e. The highest BCUT2D eigenvalue weighted by Gasteiger charge is 2.29. The van der Waals surface area contributed by atoms with Crippen LogP contribution in [0.5, 0.6) is 0 Å². The first kappa shape index (κ1) is 17.0. The normalized spacial score (nSPS) is 17.2. The summed E-state index contributed by atoms with van der Waals surface area (Å²) >= 11 is 0. The summed E-state index contributed by atoms with van der Waals surface area (Å²) in [7, 11) is 1.33. The number of hydrogen-bond donors (Lipinski definition) is 1. The van der Waals surface area contributed by atoms with E-state index in [4.69, 9.17) is 9.15 Å². The van der Waals surface area contributed by atoms with Crippen molar-refractivity contribution in [2.45, 2.75) is 12.8 Å². The second-order valence-corrected chi connectivity index (χ2v) is 5.91. The molecule has 2 amide bonds. The summed E-state index contributed by atoms with van der Waals surface area (Å²) in [6.07, 6.45) is 2.90. The number of piperidine rings is 1. The van der Waals surface area contributed by atoms with Crippen LogP contribution in [0.4, 0.5) is 14.9 Å². The van der Waals surface area contributed by atoms with Crippen molar-refractivity contribution >= 4 is 17.7 Å². The van der Waals surface area contributed by atoms with E-state index in [1.807, 2.05) is 0 Å². The van der Waals surface area contributed by atoms with Gasteiger partial charge in [-0.3, -0.25) is 4.79 Å². The topological polar surface area (TPSA) is 71.8 Å². The van der Waals surface area contributed by atoms with Crippen LogP contribution in [0, 0.1) is 11.7 Å². The lowest BCUT2D eigenvalue weighted by atomic mass is 9.98. The smallest absolute Gasteiger partial charge is 0.321 e. The lowest BCUT2D eigenvalue weighted by Crippen LogP contribution is -2.44. The predicted molar refractivity (Wildman–Crippen MR) is 89.4 cm³/mol. The van der Waals surface area contributed by atoms with Crippen LogP contribution in [-0.4, -0.2) is 37.1 Å². The van der Waals surface area contributed by atoms with E-state index >= 15 is 0 Å². The summed E-state index contributed by atoms with van der Waals surface area (Å²) in [5.74, 6) is -0.667. The van der Waals surface area contributed by atoms with Crippen molar-refractivity contribution in [2.75, 3.05) is 25.5 Å². The van der Waals surface area contributed by atoms with Gasteiger partial charge in [0.2, 0.25) is 0 Å². The molecule has 1 N–H and O–H groups in total. The predicted octanol–water partition coefficient (Wildman–Crippen LogP) is 3.50. The fourth-order valence-electron chi connectivity index (χ4n) is 2.93. The number of halogens is 1. The highest BCUT2D eigenvalue weighted by Crippen LogP contribution is 2.25. The number of carbonyl (C=O) groups excluding carboxylic acids is 2. The molecule has 3 rings (SSSR count). The molecule has 7 heteroatoms. The highest BCUT2D eigenvalue weighted by atomic mass is 19.1. The van der Waals surface area contributed by atoms with Crippen molar-refractivity contribution in [1.82, 2.24) is 4.90 Å². The zero-order valence-corrected chi connectivity index (χ0v) is 13.8. The number of likely N-dealkylation sites (tertiary alicyclic amines) is 1. The van der Waals surface area contributed by atoms with Crippen LogP contribution in [0.25, 0.3) is 11.3 Å². The zero-order valence-electron chi connectivity index (χ0n) is 13.8. The number of carbonyl (C=O) groups is 2. The van der Waals surface area contributed by atoms with Crippen LogP contribution in [0.15, 0.2) is 41.0 Å². The number of benzene rings is 1. The van der Waals surface area contributed by atoms with E-state index in [2.05, 4.69) is 5.32 Å². The van der Waals surface area contributed by atoms with E-state index in [1.165, 1.54) is 30.4 Å². The molecular formula is C18H19FN2O4. The Bertz CT molecular complexity index is 760. The third-order valence-corrected chi connectivity index (χ3v) is 4.26. The van der Waals surface area contributed by atoms with Gasteiger partial charge >= 0.3 is 12.0 Å². The third-order valence-electron chi connectivity index (χ3n) is 4.26. The van der Waals surface area contributed by atoms with Crippen molar-refractivity contribution in [3.8, 4) is 11.3 Å². The van der Waals surface area contributed by atoms with E-state index < -0.39 is 11.8 Å². The molecule has 2 heterocycles. The molecule has 0 aliphatic carbocycles. The van der Waals surface area contributed by atoms with Gasteiger partial charge in [-0.15, -0.1) is 0 Å². The van der Waals surface area contributed by atoms with Crippen LogP contribution < -0.4 is 5.32 Å². The van der Waals surface area contributed by atoms with E-state index in [0.29, 0.717) is 30.7 Å². The number of hydrogen-bond acceptors (Lipinski definition) is 4. The van der Waals surface area contributed by atoms with Gasteiger partial charge in [0.15, 0.2) is 0 Å². The Balaban J connectivity index is 1.67. The Labute approximate surface area is 144 Å². The molecule has 0 bridgehead atoms. The Morgan fingerprint density at radius 3 is 2.88 bits per heavy atom. The van der Waals surface area contributed by atoms with Crippen LogP contribution in [-0.2, 0) is 9.53 Å². The average molecular weight is 346 g/mol. The van der Waals surface area contributed by atoms with E-state index in [-0.39, 0.29) is 24.1 Å². The van der Waals surface area contributed by atoms with E-state index in [1.54, 1.807) is 18.2 Å². The fourth-order valence-corrected chi connectivity index (χ4v) is 2.93. The number of anilines is 1. The number of nitrogens with one attached hydrogen (secondary N) is 1. The quantitative estimate of drug-likeness (QED) is 0.864. The number of methoxy groups -OCH3 is 1. The number of urea groups is 1. The van der Waals surface area contributed by atoms with Crippen molar-refractivity contribution < 1.29 is 23.1 Å². The van der Waals surface area contributed by atoms with Gasteiger partial charge in [0.1, 0.15) is 11.6 Å². The fraction of sp³-hybridized carbons (Fsp3) is 0.333. The molecule has 0 unspecified atom stereocenters. The number of amides is 2. The second-order valence-electron chi connectivity index (χ2n) is 5.91. The average Bonchev–Trinajstić information content (AvgIpc) is 3.17. The molecule has 1 aliphatic rings. The molecule has 1 fully saturated rings. The van der Waals surface area contributed by atoms with Crippen LogP contribution >= 0.6 is 0 Å². The first-order valence-corrected chi connectivity index (χ1v) is 8.05. The minimum absolute atomic E-state index is 0.0838. The van der Waals surface area contributed by atoms with Gasteiger partial charge in [0.25, 0.3) is 0 Å². The molecule has 25 heavy (non-hydrogen) atoms. The Morgan fingerprint density at radius 2 is 2.20 bits per heavy atom. The number of rotatable bonds is 3. The van der Waals surface area contributed by atoms with Gasteiger partial charge in [-0.2, -0.15) is 0 Å². The summed E-state index contributed by atoms with van der Waals surface area (Å²) in [6, 6.07) is 7.49. The summed E-state index contributed by atoms with van der Waals surface area (Å²) in [6.45, 7) is 0.788. The van der Waals surface area contributed by atoms with Gasteiger partial charge in [0, 0.05) is 18.7 Å². The molecule has 1 aliphatic heterocycles. The first-order valence-electron chi connectivity index (χ1n) is 8.05. The summed E-state index contributed by atoms with van der Waals surface area (Å²) in [5.41, 5.74) is 0.671. The number of ether oxygens (including phenoxy) is 1. The summed E-state index contributed by atoms with van der Waals surface area (Å²) < 4.78 is 24.2. The van der Waals surface area contributed by atoms with E-state index in [0.717, 1.165) is 0 Å². The molecule has 1 aromatic heterocycles. The minimum atomic E-state index is -0.552. The van der Waals surface area contributed by atoms with Crippen LogP contribution in [0.1, 0.15) is 12.8 Å². The molecule has 2 aromatic rings. The van der Waals surface area contributed by atoms with Crippen LogP contribution in [0.3, 0.4) is 0 Å². The molecule has 0 saturated carbocycles. The number of furan rings is 1. The molecule has 0 radical (unpaired) electrons. The Hall–Kier alpha value is -2.83. The SMILES string of the molecule is COC(=O)[C@@H]1CCCN(C(=O)Nc2ccc(-c3ccco3)cc2F)C1. The molecule has 6 nitrogen and oxygen atoms in total. The van der Waals surface area contributed by atoms with Gasteiger partial charge in [-0.1, -0.05) is 0 Å². The summed E-state index contributed by atoms with van der Waals surface area (Å²) in [4.78, 5) is 25.5. The van der Waals surface area contributed by atoms with Crippen molar-refractivity contribution in [3.63, 3.8) is 0 Å². The van der Waals surface area contributed by atoms with E-state index in [9.17, 15) is 14.0 Å². The lowest BCUT2D eigenvalue weighted by molar-refractivity contribution is -0.146.